The molecule has 0 aliphatic heterocycles. The van der Waals surface area contributed by atoms with Crippen molar-refractivity contribution in [2.75, 3.05) is 5.32 Å². The fourth-order valence-corrected chi connectivity index (χ4v) is 1.14. The summed E-state index contributed by atoms with van der Waals surface area (Å²) < 4.78 is 0. The maximum atomic E-state index is 11.5. The van der Waals surface area contributed by atoms with Crippen LogP contribution in [0.5, 0.6) is 0 Å². The molecular formula is C14H28N2O. The lowest BCUT2D eigenvalue weighted by molar-refractivity contribution is 0.244. The molecule has 0 aromatic heterocycles. The zero-order valence-corrected chi connectivity index (χ0v) is 11.7. The Morgan fingerprint density at radius 2 is 1.59 bits per heavy atom. The topological polar surface area (TPSA) is 41.1 Å². The number of carbonyl (C=O) groups is 1. The second-order valence-corrected chi connectivity index (χ2v) is 4.70. The van der Waals surface area contributed by atoms with Gasteiger partial charge in [0.2, 0.25) is 0 Å². The fraction of sp³-hybridized carbons (Fsp3) is 0.500. The van der Waals surface area contributed by atoms with Crippen LogP contribution in [-0.4, -0.2) is 11.6 Å². The first-order valence-electron chi connectivity index (χ1n) is 6.03. The highest BCUT2D eigenvalue weighted by Crippen LogP contribution is 2.08. The van der Waals surface area contributed by atoms with Crippen LogP contribution in [0.3, 0.4) is 0 Å². The van der Waals surface area contributed by atoms with Crippen LogP contribution in [-0.2, 0) is 0 Å². The molecule has 3 heteroatoms. The number of carbonyl (C=O) groups excluding carboxylic acids is 1. The molecule has 0 saturated heterocycles. The van der Waals surface area contributed by atoms with Gasteiger partial charge < -0.3 is 10.6 Å². The van der Waals surface area contributed by atoms with E-state index in [1.807, 2.05) is 65.8 Å². The summed E-state index contributed by atoms with van der Waals surface area (Å²) in [5.74, 6) is 0. The molecule has 0 aliphatic carbocycles. The van der Waals surface area contributed by atoms with Gasteiger partial charge in [-0.2, -0.15) is 0 Å². The summed E-state index contributed by atoms with van der Waals surface area (Å²) >= 11 is 0. The van der Waals surface area contributed by atoms with Crippen LogP contribution in [0.1, 0.15) is 43.0 Å². The van der Waals surface area contributed by atoms with E-state index in [0.717, 1.165) is 5.69 Å². The third-order valence-electron chi connectivity index (χ3n) is 1.80. The Kier molecular flexibility index (Phi) is 6.33. The van der Waals surface area contributed by atoms with Crippen molar-refractivity contribution >= 4 is 11.7 Å². The molecule has 0 fully saturated rings. The Labute approximate surface area is 108 Å². The molecule has 0 unspecified atom stereocenters. The van der Waals surface area contributed by atoms with Gasteiger partial charge in [0.25, 0.3) is 0 Å². The minimum atomic E-state index is -0.214. The lowest BCUT2D eigenvalue weighted by Gasteiger charge is -2.20. The molecule has 0 bridgehead atoms. The number of rotatable bonds is 1. The molecule has 0 heterocycles. The Hall–Kier alpha value is -1.51. The van der Waals surface area contributed by atoms with Gasteiger partial charge >= 0.3 is 6.03 Å². The number of amides is 2. The molecular weight excluding hydrogens is 212 g/mol. The van der Waals surface area contributed by atoms with E-state index in [1.54, 1.807) is 0 Å². The molecule has 0 spiro atoms. The number of hydrogen-bond donors (Lipinski definition) is 2. The zero-order valence-electron chi connectivity index (χ0n) is 11.7. The van der Waals surface area contributed by atoms with Gasteiger partial charge in [-0.3, -0.25) is 0 Å². The predicted octanol–water partition coefficient (Wildman–Crippen LogP) is 4.43. The van der Waals surface area contributed by atoms with Crippen molar-refractivity contribution in [2.24, 2.45) is 0 Å². The lowest BCUT2D eigenvalue weighted by Crippen LogP contribution is -2.43. The Balaban J connectivity index is -0.000000609. The first-order chi connectivity index (χ1) is 7.87. The van der Waals surface area contributed by atoms with Crippen molar-refractivity contribution in [2.45, 2.75) is 47.1 Å². The zero-order chi connectivity index (χ0) is 13.5. The van der Waals surface area contributed by atoms with E-state index in [-0.39, 0.29) is 14.4 Å². The summed E-state index contributed by atoms with van der Waals surface area (Å²) in [5.41, 5.74) is 1.77. The summed E-state index contributed by atoms with van der Waals surface area (Å²) in [4.78, 5) is 11.5. The van der Waals surface area contributed by atoms with E-state index in [1.165, 1.54) is 5.56 Å². The molecule has 2 amide bonds. The molecule has 0 aliphatic rings. The van der Waals surface area contributed by atoms with Crippen LogP contribution in [0, 0.1) is 6.92 Å². The maximum absolute atomic E-state index is 11.5. The van der Waals surface area contributed by atoms with Gasteiger partial charge in [0.05, 0.1) is 0 Å². The highest BCUT2D eigenvalue weighted by molar-refractivity contribution is 5.89. The van der Waals surface area contributed by atoms with Crippen molar-refractivity contribution in [3.05, 3.63) is 29.8 Å². The smallest absolute Gasteiger partial charge is 0.319 e. The van der Waals surface area contributed by atoms with Gasteiger partial charge in [0.1, 0.15) is 0 Å². The van der Waals surface area contributed by atoms with E-state index in [9.17, 15) is 4.79 Å². The first-order valence-corrected chi connectivity index (χ1v) is 6.03. The quantitative estimate of drug-likeness (QED) is 0.749. The molecule has 2 N–H and O–H groups in total. The summed E-state index contributed by atoms with van der Waals surface area (Å²) in [5, 5.41) is 5.61. The third-order valence-corrected chi connectivity index (χ3v) is 1.80. The van der Waals surface area contributed by atoms with Crippen LogP contribution < -0.4 is 10.6 Å². The van der Waals surface area contributed by atoms with Crippen molar-refractivity contribution in [3.63, 3.8) is 0 Å². The van der Waals surface area contributed by atoms with Crippen LogP contribution in [0.15, 0.2) is 24.3 Å². The van der Waals surface area contributed by atoms with Gasteiger partial charge in [0, 0.05) is 14.1 Å². The number of benzene rings is 1. The fourth-order valence-electron chi connectivity index (χ4n) is 1.14. The molecule has 0 radical (unpaired) electrons. The van der Waals surface area contributed by atoms with Gasteiger partial charge in [-0.25, -0.2) is 4.79 Å². The molecule has 100 valence electrons. The largest absolute Gasteiger partial charge is 0.333 e. The maximum Gasteiger partial charge on any atom is 0.319 e. The van der Waals surface area contributed by atoms with Crippen molar-refractivity contribution in [1.29, 1.82) is 0 Å². The van der Waals surface area contributed by atoms with Crippen LogP contribution in [0.25, 0.3) is 0 Å². The predicted molar refractivity (Wildman–Crippen MR) is 78.7 cm³/mol. The normalized spacial score (nSPS) is 10.0. The van der Waals surface area contributed by atoms with E-state index in [0.29, 0.717) is 0 Å². The van der Waals surface area contributed by atoms with Crippen molar-refractivity contribution in [3.8, 4) is 0 Å². The Bertz CT molecular complexity index is 345. The van der Waals surface area contributed by atoms with E-state index in [2.05, 4.69) is 10.6 Å². The third kappa shape index (κ3) is 7.39. The molecule has 1 rings (SSSR count). The molecule has 0 saturated carbocycles. The molecule has 3 nitrogen and oxygen atoms in total. The summed E-state index contributed by atoms with van der Waals surface area (Å²) in [7, 11) is 0. The second kappa shape index (κ2) is 6.94. The van der Waals surface area contributed by atoms with Crippen molar-refractivity contribution in [1.82, 2.24) is 5.32 Å². The van der Waals surface area contributed by atoms with Crippen LogP contribution in [0.2, 0.25) is 0 Å². The van der Waals surface area contributed by atoms with Gasteiger partial charge in [-0.05, 0) is 39.8 Å². The van der Waals surface area contributed by atoms with Crippen LogP contribution in [0.4, 0.5) is 10.5 Å². The lowest BCUT2D eigenvalue weighted by atomic mass is 10.1. The van der Waals surface area contributed by atoms with E-state index < -0.39 is 0 Å². The molecule has 1 aromatic rings. The molecule has 17 heavy (non-hydrogen) atoms. The number of aryl methyl sites for hydroxylation is 1. The minimum absolute atomic E-state index is 0. The SMILES string of the molecule is CC.Cc1ccc(NC(=O)NC(C)(C)C)cc1.[HH].[HH]. The molecule has 0 atom stereocenters. The summed E-state index contributed by atoms with van der Waals surface area (Å²) in [6.07, 6.45) is 0. The number of hydrogen-bond acceptors (Lipinski definition) is 1. The monoisotopic (exact) mass is 240 g/mol. The van der Waals surface area contributed by atoms with Gasteiger partial charge in [-0.15, -0.1) is 0 Å². The molecule has 1 aromatic carbocycles. The Morgan fingerprint density at radius 3 is 2.00 bits per heavy atom. The number of nitrogens with one attached hydrogen (secondary N) is 2. The highest BCUT2D eigenvalue weighted by Gasteiger charge is 2.13. The van der Waals surface area contributed by atoms with E-state index >= 15 is 0 Å². The van der Waals surface area contributed by atoms with E-state index in [4.69, 9.17) is 0 Å². The standard InChI is InChI=1S/C12H18N2O.C2H6.2H2/c1-9-5-7-10(8-6-9)13-11(15)14-12(2,3)4;1-2;;/h5-8H,1-4H3,(H2,13,14,15);1-2H3;2*1H. The first kappa shape index (κ1) is 15.5. The number of anilines is 1. The highest BCUT2D eigenvalue weighted by atomic mass is 16.2. The van der Waals surface area contributed by atoms with Gasteiger partial charge in [0.15, 0.2) is 0 Å². The van der Waals surface area contributed by atoms with Crippen LogP contribution >= 0.6 is 0 Å². The van der Waals surface area contributed by atoms with Gasteiger partial charge in [-0.1, -0.05) is 31.5 Å². The average Bonchev–Trinajstić information content (AvgIpc) is 2.22. The summed E-state index contributed by atoms with van der Waals surface area (Å²) in [6.45, 7) is 11.9. The average molecular weight is 240 g/mol. The van der Waals surface area contributed by atoms with Crippen molar-refractivity contribution < 1.29 is 7.65 Å². The second-order valence-electron chi connectivity index (χ2n) is 4.70. The number of urea groups is 1. The Morgan fingerprint density at radius 1 is 1.12 bits per heavy atom. The summed E-state index contributed by atoms with van der Waals surface area (Å²) in [6, 6.07) is 7.53. The minimum Gasteiger partial charge on any atom is -0.333 e.